The van der Waals surface area contributed by atoms with Crippen molar-refractivity contribution in [3.63, 3.8) is 0 Å². The molecular weight excluding hydrogens is 346 g/mol. The first kappa shape index (κ1) is 18.2. The molecule has 3 aromatic rings. The number of aromatic nitrogens is 2. The Hall–Kier alpha value is -2.59. The molecule has 0 saturated carbocycles. The Labute approximate surface area is 159 Å². The van der Waals surface area contributed by atoms with Crippen LogP contribution >= 0.6 is 11.6 Å². The zero-order valence-electron chi connectivity index (χ0n) is 15.0. The fraction of sp³-hybridized carbons (Fsp3) is 0.238. The summed E-state index contributed by atoms with van der Waals surface area (Å²) in [7, 11) is 0. The molecule has 0 fully saturated rings. The van der Waals surface area contributed by atoms with Gasteiger partial charge in [-0.25, -0.2) is 9.97 Å². The first-order valence-electron chi connectivity index (χ1n) is 8.72. The van der Waals surface area contributed by atoms with E-state index >= 15 is 0 Å². The van der Waals surface area contributed by atoms with Gasteiger partial charge in [-0.05, 0) is 49.6 Å². The highest BCUT2D eigenvalue weighted by Crippen LogP contribution is 2.23. The van der Waals surface area contributed by atoms with E-state index in [9.17, 15) is 0 Å². The third kappa shape index (κ3) is 4.73. The summed E-state index contributed by atoms with van der Waals surface area (Å²) < 4.78 is 5.85. The average molecular weight is 368 g/mol. The molecule has 0 bridgehead atoms. The van der Waals surface area contributed by atoms with Crippen LogP contribution < -0.4 is 10.1 Å². The number of aryl methyl sites for hydroxylation is 2. The van der Waals surface area contributed by atoms with Gasteiger partial charge in [0.15, 0.2) is 0 Å². The van der Waals surface area contributed by atoms with Crippen LogP contribution in [0.5, 0.6) is 11.5 Å². The Bertz CT molecular complexity index is 848. The zero-order valence-corrected chi connectivity index (χ0v) is 15.8. The number of hydrogen-bond acceptors (Lipinski definition) is 4. The van der Waals surface area contributed by atoms with Crippen molar-refractivity contribution in [2.24, 2.45) is 0 Å². The Morgan fingerprint density at radius 2 is 1.62 bits per heavy atom. The molecule has 134 valence electrons. The summed E-state index contributed by atoms with van der Waals surface area (Å²) in [5.74, 6) is 2.37. The van der Waals surface area contributed by atoms with Crippen molar-refractivity contribution in [2.45, 2.75) is 26.7 Å². The van der Waals surface area contributed by atoms with Gasteiger partial charge in [-0.15, -0.1) is 0 Å². The summed E-state index contributed by atoms with van der Waals surface area (Å²) in [6, 6.07) is 16.2. The minimum atomic E-state index is 0.608. The summed E-state index contributed by atoms with van der Waals surface area (Å²) in [5, 5.41) is 3.89. The number of halogens is 1. The number of anilines is 1. The second-order valence-corrected chi connectivity index (χ2v) is 6.45. The van der Waals surface area contributed by atoms with Crippen molar-refractivity contribution in [1.29, 1.82) is 0 Å². The van der Waals surface area contributed by atoms with Gasteiger partial charge in [0.25, 0.3) is 0 Å². The van der Waals surface area contributed by atoms with Gasteiger partial charge in [-0.3, -0.25) is 0 Å². The van der Waals surface area contributed by atoms with E-state index in [1.807, 2.05) is 43.3 Å². The van der Waals surface area contributed by atoms with Crippen LogP contribution in [-0.4, -0.2) is 16.5 Å². The quantitative estimate of drug-likeness (QED) is 0.603. The van der Waals surface area contributed by atoms with Crippen LogP contribution in [0.2, 0.25) is 5.02 Å². The smallest absolute Gasteiger partial charge is 0.148 e. The lowest BCUT2D eigenvalue weighted by Crippen LogP contribution is -2.08. The van der Waals surface area contributed by atoms with Crippen LogP contribution in [0.25, 0.3) is 0 Å². The lowest BCUT2D eigenvalue weighted by atomic mass is 10.1. The van der Waals surface area contributed by atoms with Crippen LogP contribution in [0.3, 0.4) is 0 Å². The lowest BCUT2D eigenvalue weighted by Gasteiger charge is -2.10. The number of rotatable bonds is 7. The number of benzene rings is 2. The van der Waals surface area contributed by atoms with Gasteiger partial charge in [0.2, 0.25) is 0 Å². The molecule has 0 saturated heterocycles. The normalized spacial score (nSPS) is 10.6. The Kier molecular flexibility index (Phi) is 6.08. The Balaban J connectivity index is 1.54. The molecule has 1 aromatic heterocycles. The molecule has 26 heavy (non-hydrogen) atoms. The van der Waals surface area contributed by atoms with E-state index < -0.39 is 0 Å². The number of ether oxygens (including phenoxy) is 1. The van der Waals surface area contributed by atoms with Crippen LogP contribution in [0.15, 0.2) is 54.9 Å². The molecule has 1 heterocycles. The van der Waals surface area contributed by atoms with E-state index in [0.29, 0.717) is 10.8 Å². The molecule has 0 radical (unpaired) electrons. The summed E-state index contributed by atoms with van der Waals surface area (Å²) >= 11 is 6.29. The van der Waals surface area contributed by atoms with Crippen molar-refractivity contribution in [2.75, 3.05) is 11.9 Å². The fourth-order valence-electron chi connectivity index (χ4n) is 2.57. The predicted molar refractivity (Wildman–Crippen MR) is 106 cm³/mol. The lowest BCUT2D eigenvalue weighted by molar-refractivity contribution is 0.482. The standard InChI is InChI=1S/C21H22ClN3O/c1-3-19-20(22)21(25-14-24-19)23-13-12-16-6-10-18(11-7-16)26-17-8-4-15(2)5-9-17/h4-11,14H,3,12-13H2,1-2H3,(H,23,24,25). The van der Waals surface area contributed by atoms with Crippen molar-refractivity contribution < 1.29 is 4.74 Å². The minimum Gasteiger partial charge on any atom is -0.457 e. The number of nitrogens with zero attached hydrogens (tertiary/aromatic N) is 2. The molecule has 0 aliphatic carbocycles. The van der Waals surface area contributed by atoms with Crippen molar-refractivity contribution in [3.05, 3.63) is 76.7 Å². The second-order valence-electron chi connectivity index (χ2n) is 6.07. The van der Waals surface area contributed by atoms with Crippen LogP contribution in [0.4, 0.5) is 5.82 Å². The number of hydrogen-bond donors (Lipinski definition) is 1. The molecule has 0 atom stereocenters. The van der Waals surface area contributed by atoms with Gasteiger partial charge in [0.05, 0.1) is 5.69 Å². The van der Waals surface area contributed by atoms with Gasteiger partial charge in [-0.2, -0.15) is 0 Å². The summed E-state index contributed by atoms with van der Waals surface area (Å²) in [6.07, 6.45) is 3.20. The molecule has 0 unspecified atom stereocenters. The highest BCUT2D eigenvalue weighted by atomic mass is 35.5. The fourth-order valence-corrected chi connectivity index (χ4v) is 2.87. The molecule has 3 rings (SSSR count). The highest BCUT2D eigenvalue weighted by Gasteiger charge is 2.07. The molecule has 1 N–H and O–H groups in total. The molecule has 0 amide bonds. The summed E-state index contributed by atoms with van der Waals surface area (Å²) in [4.78, 5) is 8.39. The van der Waals surface area contributed by atoms with Gasteiger partial charge < -0.3 is 10.1 Å². The van der Waals surface area contributed by atoms with E-state index in [1.165, 1.54) is 11.1 Å². The van der Waals surface area contributed by atoms with Crippen LogP contribution in [0, 0.1) is 6.92 Å². The highest BCUT2D eigenvalue weighted by molar-refractivity contribution is 6.33. The van der Waals surface area contributed by atoms with Gasteiger partial charge in [0, 0.05) is 6.54 Å². The summed E-state index contributed by atoms with van der Waals surface area (Å²) in [6.45, 7) is 4.83. The van der Waals surface area contributed by atoms with E-state index in [4.69, 9.17) is 16.3 Å². The van der Waals surface area contributed by atoms with Gasteiger partial charge in [-0.1, -0.05) is 48.4 Å². The van der Waals surface area contributed by atoms with Gasteiger partial charge in [0.1, 0.15) is 28.7 Å². The van der Waals surface area contributed by atoms with E-state index in [0.717, 1.165) is 36.6 Å². The van der Waals surface area contributed by atoms with Gasteiger partial charge >= 0.3 is 0 Å². The molecular formula is C21H22ClN3O. The van der Waals surface area contributed by atoms with Crippen molar-refractivity contribution >= 4 is 17.4 Å². The van der Waals surface area contributed by atoms with E-state index in [2.05, 4.69) is 34.3 Å². The maximum Gasteiger partial charge on any atom is 0.148 e. The van der Waals surface area contributed by atoms with Crippen molar-refractivity contribution in [3.8, 4) is 11.5 Å². The molecule has 4 nitrogen and oxygen atoms in total. The monoisotopic (exact) mass is 367 g/mol. The van der Waals surface area contributed by atoms with Crippen molar-refractivity contribution in [1.82, 2.24) is 9.97 Å². The van der Waals surface area contributed by atoms with E-state index in [-0.39, 0.29) is 0 Å². The molecule has 0 spiro atoms. The topological polar surface area (TPSA) is 47.0 Å². The molecule has 2 aromatic carbocycles. The maximum atomic E-state index is 6.29. The third-order valence-electron chi connectivity index (χ3n) is 4.08. The van der Waals surface area contributed by atoms with E-state index in [1.54, 1.807) is 6.33 Å². The Morgan fingerprint density at radius 1 is 0.962 bits per heavy atom. The zero-order chi connectivity index (χ0) is 18.4. The molecule has 0 aliphatic rings. The first-order valence-corrected chi connectivity index (χ1v) is 9.10. The van der Waals surface area contributed by atoms with Crippen LogP contribution in [0.1, 0.15) is 23.7 Å². The average Bonchev–Trinajstić information content (AvgIpc) is 2.66. The molecule has 0 aliphatic heterocycles. The largest absolute Gasteiger partial charge is 0.457 e. The minimum absolute atomic E-state index is 0.608. The SMILES string of the molecule is CCc1ncnc(NCCc2ccc(Oc3ccc(C)cc3)cc2)c1Cl. The Morgan fingerprint density at radius 3 is 2.27 bits per heavy atom. The molecule has 5 heteroatoms. The number of nitrogens with one attached hydrogen (secondary N) is 1. The predicted octanol–water partition coefficient (Wildman–Crippen LogP) is 5.45. The second kappa shape index (κ2) is 8.68. The third-order valence-corrected chi connectivity index (χ3v) is 4.48. The summed E-state index contributed by atoms with van der Waals surface area (Å²) in [5.41, 5.74) is 3.30. The first-order chi connectivity index (χ1) is 12.7. The maximum absolute atomic E-state index is 6.29. The van der Waals surface area contributed by atoms with Crippen LogP contribution in [-0.2, 0) is 12.8 Å².